The second-order valence-electron chi connectivity index (χ2n) is 5.37. The van der Waals surface area contributed by atoms with Crippen molar-refractivity contribution in [3.05, 3.63) is 23.8 Å². The maximum Gasteiger partial charge on any atom is 0.207 e. The summed E-state index contributed by atoms with van der Waals surface area (Å²) in [5, 5.41) is 5.74. The van der Waals surface area contributed by atoms with E-state index in [2.05, 4.69) is 50.5 Å². The Hall–Kier alpha value is -1.13. The minimum atomic E-state index is -0.142. The molecule has 2 N–H and O–H groups in total. The number of likely N-dealkylation sites (N-methyl/N-ethyl adjacent to an activating group) is 1. The molecular formula is C15H28N2O2. The van der Waals surface area contributed by atoms with Gasteiger partial charge in [-0.2, -0.15) is 0 Å². The molecule has 0 aliphatic heterocycles. The molecule has 0 aromatic carbocycles. The second-order valence-corrected chi connectivity index (χ2v) is 5.37. The Kier molecular flexibility index (Phi) is 9.17. The molecule has 4 nitrogen and oxygen atoms in total. The Morgan fingerprint density at radius 1 is 1.37 bits per heavy atom. The van der Waals surface area contributed by atoms with Crippen LogP contribution in [0.2, 0.25) is 0 Å². The fourth-order valence-electron chi connectivity index (χ4n) is 1.59. The number of hydrogen-bond donors (Lipinski definition) is 2. The maximum absolute atomic E-state index is 10.2. The van der Waals surface area contributed by atoms with Crippen molar-refractivity contribution in [1.29, 1.82) is 0 Å². The van der Waals surface area contributed by atoms with Crippen molar-refractivity contribution in [1.82, 2.24) is 10.6 Å². The first-order valence-electron chi connectivity index (χ1n) is 6.79. The molecule has 0 aromatic rings. The van der Waals surface area contributed by atoms with Gasteiger partial charge in [0.15, 0.2) is 0 Å². The molecule has 1 atom stereocenters. The highest BCUT2D eigenvalue weighted by Gasteiger charge is 2.14. The second kappa shape index (κ2) is 9.75. The van der Waals surface area contributed by atoms with Crippen molar-refractivity contribution in [2.45, 2.75) is 45.8 Å². The number of rotatable bonds is 9. The van der Waals surface area contributed by atoms with E-state index in [9.17, 15) is 4.79 Å². The lowest BCUT2D eigenvalue weighted by Gasteiger charge is -2.25. The van der Waals surface area contributed by atoms with Crippen LogP contribution in [-0.4, -0.2) is 38.3 Å². The highest BCUT2D eigenvalue weighted by atomic mass is 16.5. The molecule has 1 amide bonds. The summed E-state index contributed by atoms with van der Waals surface area (Å²) in [5.41, 5.74) is 0.990. The van der Waals surface area contributed by atoms with Crippen molar-refractivity contribution >= 4 is 6.41 Å². The van der Waals surface area contributed by atoms with Gasteiger partial charge >= 0.3 is 0 Å². The van der Waals surface area contributed by atoms with Crippen LogP contribution in [0.1, 0.15) is 34.1 Å². The predicted molar refractivity (Wildman–Crippen MR) is 80.1 cm³/mol. The van der Waals surface area contributed by atoms with Gasteiger partial charge in [-0.05, 0) is 39.8 Å². The highest BCUT2D eigenvalue weighted by molar-refractivity contribution is 5.46. The first-order chi connectivity index (χ1) is 8.92. The van der Waals surface area contributed by atoms with Crippen LogP contribution in [0.4, 0.5) is 0 Å². The molecule has 0 rings (SSSR count). The maximum atomic E-state index is 10.2. The van der Waals surface area contributed by atoms with E-state index in [4.69, 9.17) is 4.74 Å². The van der Waals surface area contributed by atoms with Crippen LogP contribution >= 0.6 is 0 Å². The molecule has 0 fully saturated rings. The summed E-state index contributed by atoms with van der Waals surface area (Å²) in [5.74, 6) is 0. The monoisotopic (exact) mass is 268 g/mol. The van der Waals surface area contributed by atoms with E-state index in [0.717, 1.165) is 18.5 Å². The number of carbonyl (C=O) groups is 1. The van der Waals surface area contributed by atoms with Crippen LogP contribution < -0.4 is 10.6 Å². The summed E-state index contributed by atoms with van der Waals surface area (Å²) >= 11 is 0. The topological polar surface area (TPSA) is 50.4 Å². The Morgan fingerprint density at radius 3 is 2.53 bits per heavy atom. The third kappa shape index (κ3) is 10.5. The third-order valence-corrected chi connectivity index (χ3v) is 2.38. The standard InChI is InChI=1S/C15H28N2O2/c1-6-14(19-15(2,3)4)8-7-13(11-16-5)9-10-17-12-18/h7-9,12,14,16H,6,10-11H2,1-5H3,(H,17,18)/b8-7-,13-9+. The smallest absolute Gasteiger partial charge is 0.207 e. The van der Waals surface area contributed by atoms with Crippen molar-refractivity contribution in [3.8, 4) is 0 Å². The van der Waals surface area contributed by atoms with Gasteiger partial charge in [-0.25, -0.2) is 0 Å². The van der Waals surface area contributed by atoms with Crippen LogP contribution in [-0.2, 0) is 9.53 Å². The molecule has 0 spiro atoms. The minimum absolute atomic E-state index is 0.110. The largest absolute Gasteiger partial charge is 0.369 e. The van der Waals surface area contributed by atoms with Crippen molar-refractivity contribution in [2.24, 2.45) is 0 Å². The molecule has 0 heterocycles. The molecule has 110 valence electrons. The van der Waals surface area contributed by atoms with Crippen LogP contribution in [0.5, 0.6) is 0 Å². The first-order valence-corrected chi connectivity index (χ1v) is 6.79. The van der Waals surface area contributed by atoms with E-state index in [1.807, 2.05) is 13.1 Å². The van der Waals surface area contributed by atoms with E-state index in [1.165, 1.54) is 0 Å². The molecule has 0 aromatic heterocycles. The summed E-state index contributed by atoms with van der Waals surface area (Å²) < 4.78 is 5.93. The summed E-state index contributed by atoms with van der Waals surface area (Å²) in [6, 6.07) is 0. The Labute approximate surface area is 117 Å². The zero-order valence-electron chi connectivity index (χ0n) is 12.8. The van der Waals surface area contributed by atoms with Gasteiger partial charge in [0.25, 0.3) is 0 Å². The molecule has 0 bridgehead atoms. The van der Waals surface area contributed by atoms with Gasteiger partial charge in [-0.1, -0.05) is 25.2 Å². The molecule has 4 heteroatoms. The van der Waals surface area contributed by atoms with Crippen molar-refractivity contribution < 1.29 is 9.53 Å². The van der Waals surface area contributed by atoms with Gasteiger partial charge in [0.1, 0.15) is 0 Å². The van der Waals surface area contributed by atoms with E-state index in [1.54, 1.807) is 0 Å². The number of carbonyl (C=O) groups excluding carboxylic acids is 1. The molecule has 0 radical (unpaired) electrons. The molecule has 19 heavy (non-hydrogen) atoms. The average molecular weight is 268 g/mol. The van der Waals surface area contributed by atoms with Gasteiger partial charge < -0.3 is 15.4 Å². The Morgan fingerprint density at radius 2 is 2.05 bits per heavy atom. The Bertz CT molecular complexity index is 304. The number of nitrogens with one attached hydrogen (secondary N) is 2. The number of ether oxygens (including phenoxy) is 1. The minimum Gasteiger partial charge on any atom is -0.369 e. The Balaban J connectivity index is 4.56. The summed E-state index contributed by atoms with van der Waals surface area (Å²) in [7, 11) is 1.90. The third-order valence-electron chi connectivity index (χ3n) is 2.38. The van der Waals surface area contributed by atoms with Crippen LogP contribution in [0.15, 0.2) is 23.8 Å². The summed E-state index contributed by atoms with van der Waals surface area (Å²) in [6.45, 7) is 9.59. The molecule has 0 aliphatic rings. The highest BCUT2D eigenvalue weighted by Crippen LogP contribution is 2.14. The van der Waals surface area contributed by atoms with E-state index in [-0.39, 0.29) is 11.7 Å². The molecule has 0 saturated heterocycles. The van der Waals surface area contributed by atoms with Crippen LogP contribution in [0.3, 0.4) is 0 Å². The van der Waals surface area contributed by atoms with Gasteiger partial charge in [-0.15, -0.1) is 0 Å². The fourth-order valence-corrected chi connectivity index (χ4v) is 1.59. The quantitative estimate of drug-likeness (QED) is 0.382. The lowest BCUT2D eigenvalue weighted by Crippen LogP contribution is -2.25. The van der Waals surface area contributed by atoms with Crippen molar-refractivity contribution in [2.75, 3.05) is 20.1 Å². The van der Waals surface area contributed by atoms with Crippen LogP contribution in [0, 0.1) is 0 Å². The van der Waals surface area contributed by atoms with Gasteiger partial charge in [0.05, 0.1) is 11.7 Å². The number of hydrogen-bond acceptors (Lipinski definition) is 3. The molecule has 1 unspecified atom stereocenters. The normalized spacial score (nSPS) is 14.7. The summed E-state index contributed by atoms with van der Waals surface area (Å²) in [4.78, 5) is 10.2. The molecule has 0 aliphatic carbocycles. The van der Waals surface area contributed by atoms with Gasteiger partial charge in [0, 0.05) is 13.1 Å². The van der Waals surface area contributed by atoms with Crippen LogP contribution in [0.25, 0.3) is 0 Å². The molecule has 0 saturated carbocycles. The zero-order valence-corrected chi connectivity index (χ0v) is 12.8. The zero-order chi connectivity index (χ0) is 14.7. The van der Waals surface area contributed by atoms with Gasteiger partial charge in [0.2, 0.25) is 6.41 Å². The lowest BCUT2D eigenvalue weighted by molar-refractivity contribution is -0.109. The SMILES string of the molecule is CCC(/C=C\C(=C/CNC=O)CNC)OC(C)(C)C. The molecular weight excluding hydrogens is 240 g/mol. The predicted octanol–water partition coefficient (Wildman–Crippen LogP) is 2.03. The van der Waals surface area contributed by atoms with E-state index < -0.39 is 0 Å². The first kappa shape index (κ1) is 17.9. The van der Waals surface area contributed by atoms with Crippen molar-refractivity contribution in [3.63, 3.8) is 0 Å². The van der Waals surface area contributed by atoms with E-state index >= 15 is 0 Å². The van der Waals surface area contributed by atoms with Gasteiger partial charge in [-0.3, -0.25) is 4.79 Å². The fraction of sp³-hybridized carbons (Fsp3) is 0.667. The summed E-state index contributed by atoms with van der Waals surface area (Å²) in [6.07, 6.45) is 7.88. The van der Waals surface area contributed by atoms with E-state index in [0.29, 0.717) is 13.0 Å². The lowest BCUT2D eigenvalue weighted by atomic mass is 10.1. The number of amides is 1. The average Bonchev–Trinajstić information content (AvgIpc) is 2.33.